The van der Waals surface area contributed by atoms with Crippen molar-refractivity contribution in [1.29, 1.82) is 0 Å². The smallest absolute Gasteiger partial charge is 0.328 e. The van der Waals surface area contributed by atoms with Gasteiger partial charge < -0.3 is 10.4 Å². The molecule has 0 heterocycles. The van der Waals surface area contributed by atoms with Crippen molar-refractivity contribution < 1.29 is 23.1 Å². The molecule has 0 aromatic carbocycles. The van der Waals surface area contributed by atoms with E-state index >= 15 is 0 Å². The molecule has 1 saturated carbocycles. The molecule has 1 aliphatic carbocycles. The number of nitrogens with one attached hydrogen (secondary N) is 2. The van der Waals surface area contributed by atoms with Gasteiger partial charge in [0.25, 0.3) is 0 Å². The van der Waals surface area contributed by atoms with Crippen molar-refractivity contribution in [3.63, 3.8) is 0 Å². The first kappa shape index (κ1) is 24.7. The number of urea groups is 1. The number of unbranched alkanes of at least 4 members (excludes halogenated alkanes) is 8. The van der Waals surface area contributed by atoms with Crippen LogP contribution in [0.5, 0.6) is 0 Å². The van der Waals surface area contributed by atoms with Gasteiger partial charge in [0.05, 0.1) is 4.75 Å². The molecule has 0 saturated heterocycles. The van der Waals surface area contributed by atoms with Crippen LogP contribution in [0, 0.1) is 0 Å². The summed E-state index contributed by atoms with van der Waals surface area (Å²) in [7, 11) is -3.64. The molecule has 0 bridgehead atoms. The van der Waals surface area contributed by atoms with Crippen molar-refractivity contribution in [2.45, 2.75) is 115 Å². The average Bonchev–Trinajstić information content (AvgIpc) is 3.31. The van der Waals surface area contributed by atoms with E-state index in [4.69, 9.17) is 5.11 Å². The van der Waals surface area contributed by atoms with Gasteiger partial charge in [0, 0.05) is 12.0 Å². The maximum atomic E-state index is 12.5. The largest absolute Gasteiger partial charge is 0.481 e. The molecule has 1 rings (SSSR count). The summed E-state index contributed by atoms with van der Waals surface area (Å²) in [5.74, 6) is -0.722. The van der Waals surface area contributed by atoms with Gasteiger partial charge in [0.15, 0.2) is 0 Å². The summed E-state index contributed by atoms with van der Waals surface area (Å²) in [6.45, 7) is 5.42. The quantitative estimate of drug-likeness (QED) is 0.364. The summed E-state index contributed by atoms with van der Waals surface area (Å²) in [6, 6.07) is -0.651. The highest BCUT2D eigenvalue weighted by Crippen LogP contribution is 2.47. The van der Waals surface area contributed by atoms with Gasteiger partial charge in [0.1, 0.15) is 0 Å². The second kappa shape index (κ2) is 11.0. The Labute approximate surface area is 170 Å². The fourth-order valence-corrected chi connectivity index (χ4v) is 4.91. The molecule has 0 radical (unpaired) electrons. The first-order chi connectivity index (χ1) is 13.0. The van der Waals surface area contributed by atoms with Crippen LogP contribution in [0.2, 0.25) is 0 Å². The molecule has 2 amide bonds. The van der Waals surface area contributed by atoms with E-state index in [1.54, 1.807) is 0 Å². The zero-order valence-corrected chi connectivity index (χ0v) is 18.5. The normalized spacial score (nSPS) is 15.8. The average molecular weight is 419 g/mol. The fourth-order valence-electron chi connectivity index (χ4n) is 3.35. The molecule has 1 fully saturated rings. The predicted octanol–water partition coefficient (Wildman–Crippen LogP) is 4.32. The Bertz CT molecular complexity index is 607. The van der Waals surface area contributed by atoms with Gasteiger partial charge in [-0.05, 0) is 46.5 Å². The Morgan fingerprint density at radius 1 is 0.893 bits per heavy atom. The Hall–Kier alpha value is -1.31. The topological polar surface area (TPSA) is 113 Å². The molecule has 164 valence electrons. The molecule has 7 nitrogen and oxygen atoms in total. The standard InChI is InChI=1S/C20H38N2O5S/c1-19(2,3)21-18(25)22-28(26,27)20(15-16-20)14-12-10-8-6-4-5-7-9-11-13-17(23)24/h4-16H2,1-3H3,(H,23,24)(H2,21,22,25). The second-order valence-corrected chi connectivity index (χ2v) is 11.1. The highest BCUT2D eigenvalue weighted by molar-refractivity contribution is 7.91. The number of amides is 2. The number of hydrogen-bond acceptors (Lipinski definition) is 4. The molecule has 0 unspecified atom stereocenters. The summed E-state index contributed by atoms with van der Waals surface area (Å²) in [6.07, 6.45) is 11.3. The van der Waals surface area contributed by atoms with E-state index in [2.05, 4.69) is 10.0 Å². The first-order valence-corrected chi connectivity index (χ1v) is 12.0. The SMILES string of the molecule is CC(C)(C)NC(=O)NS(=O)(=O)C1(CCCCCCCCCCCC(=O)O)CC1. The Kier molecular flexibility index (Phi) is 9.74. The van der Waals surface area contributed by atoms with Gasteiger partial charge in [-0.2, -0.15) is 0 Å². The Balaban J connectivity index is 2.14. The molecule has 0 aromatic heterocycles. The third-order valence-electron chi connectivity index (χ3n) is 5.12. The van der Waals surface area contributed by atoms with E-state index in [-0.39, 0.29) is 6.42 Å². The lowest BCUT2D eigenvalue weighted by Crippen LogP contribution is -2.50. The van der Waals surface area contributed by atoms with Crippen LogP contribution in [0.15, 0.2) is 0 Å². The van der Waals surface area contributed by atoms with Gasteiger partial charge in [-0.15, -0.1) is 0 Å². The van der Waals surface area contributed by atoms with Crippen LogP contribution in [-0.2, 0) is 14.8 Å². The zero-order valence-electron chi connectivity index (χ0n) is 17.7. The van der Waals surface area contributed by atoms with Crippen molar-refractivity contribution in [3.8, 4) is 0 Å². The molecule has 28 heavy (non-hydrogen) atoms. The zero-order chi connectivity index (χ0) is 21.3. The minimum Gasteiger partial charge on any atom is -0.481 e. The summed E-state index contributed by atoms with van der Waals surface area (Å²) in [5, 5.41) is 11.2. The van der Waals surface area contributed by atoms with Crippen LogP contribution in [0.1, 0.15) is 104 Å². The van der Waals surface area contributed by atoms with Crippen molar-refractivity contribution in [2.24, 2.45) is 0 Å². The van der Waals surface area contributed by atoms with E-state index in [0.29, 0.717) is 19.3 Å². The minimum absolute atomic E-state index is 0.261. The number of rotatable bonds is 14. The minimum atomic E-state index is -3.64. The molecule has 0 aliphatic heterocycles. The molecule has 8 heteroatoms. The van der Waals surface area contributed by atoms with E-state index in [1.807, 2.05) is 20.8 Å². The van der Waals surface area contributed by atoms with Gasteiger partial charge in [-0.1, -0.05) is 51.4 Å². The maximum absolute atomic E-state index is 12.5. The van der Waals surface area contributed by atoms with E-state index in [1.165, 1.54) is 0 Å². The second-order valence-electron chi connectivity index (χ2n) is 9.07. The van der Waals surface area contributed by atoms with Crippen LogP contribution < -0.4 is 10.0 Å². The number of aliphatic carboxylic acids is 1. The van der Waals surface area contributed by atoms with Gasteiger partial charge in [0.2, 0.25) is 10.0 Å². The molecule has 0 atom stereocenters. The number of carboxylic acids is 1. The summed E-state index contributed by atoms with van der Waals surface area (Å²) < 4.78 is 26.5. The van der Waals surface area contributed by atoms with E-state index in [9.17, 15) is 18.0 Å². The molecular formula is C20H38N2O5S. The molecular weight excluding hydrogens is 380 g/mol. The number of carboxylic acid groups (broad SMARTS) is 1. The van der Waals surface area contributed by atoms with Crippen LogP contribution in [-0.4, -0.2) is 35.8 Å². The molecule has 1 aliphatic rings. The van der Waals surface area contributed by atoms with Crippen molar-refractivity contribution in [2.75, 3.05) is 0 Å². The molecule has 3 N–H and O–H groups in total. The van der Waals surface area contributed by atoms with Gasteiger partial charge in [-0.25, -0.2) is 17.9 Å². The fraction of sp³-hybridized carbons (Fsp3) is 0.900. The van der Waals surface area contributed by atoms with Crippen molar-refractivity contribution in [1.82, 2.24) is 10.0 Å². The van der Waals surface area contributed by atoms with Crippen LogP contribution in [0.3, 0.4) is 0 Å². The number of carbonyl (C=O) groups is 2. The predicted molar refractivity (Wildman–Crippen MR) is 111 cm³/mol. The van der Waals surface area contributed by atoms with Crippen LogP contribution in [0.25, 0.3) is 0 Å². The van der Waals surface area contributed by atoms with Crippen LogP contribution in [0.4, 0.5) is 4.79 Å². The molecule has 0 spiro atoms. The highest BCUT2D eigenvalue weighted by Gasteiger charge is 2.54. The summed E-state index contributed by atoms with van der Waals surface area (Å²) in [5.41, 5.74) is -0.480. The third-order valence-corrected chi connectivity index (χ3v) is 7.32. The Morgan fingerprint density at radius 3 is 1.79 bits per heavy atom. The summed E-state index contributed by atoms with van der Waals surface area (Å²) >= 11 is 0. The Morgan fingerprint density at radius 2 is 1.36 bits per heavy atom. The summed E-state index contributed by atoms with van der Waals surface area (Å²) in [4.78, 5) is 22.3. The van der Waals surface area contributed by atoms with Gasteiger partial charge >= 0.3 is 12.0 Å². The lowest BCUT2D eigenvalue weighted by Gasteiger charge is -2.22. The lowest BCUT2D eigenvalue weighted by molar-refractivity contribution is -0.137. The maximum Gasteiger partial charge on any atom is 0.328 e. The van der Waals surface area contributed by atoms with E-state index in [0.717, 1.165) is 57.8 Å². The van der Waals surface area contributed by atoms with E-state index < -0.39 is 32.3 Å². The monoisotopic (exact) mass is 418 g/mol. The van der Waals surface area contributed by atoms with Crippen molar-refractivity contribution in [3.05, 3.63) is 0 Å². The number of sulfonamides is 1. The van der Waals surface area contributed by atoms with Crippen LogP contribution >= 0.6 is 0 Å². The molecule has 0 aromatic rings. The third kappa shape index (κ3) is 9.75. The van der Waals surface area contributed by atoms with Crippen molar-refractivity contribution >= 4 is 22.0 Å². The number of carbonyl (C=O) groups excluding carboxylic acids is 1. The lowest BCUT2D eigenvalue weighted by atomic mass is 10.0. The van der Waals surface area contributed by atoms with Gasteiger partial charge in [-0.3, -0.25) is 4.79 Å². The first-order valence-electron chi connectivity index (χ1n) is 10.5. The number of hydrogen-bond donors (Lipinski definition) is 3. The highest BCUT2D eigenvalue weighted by atomic mass is 32.2.